The first-order valence-electron chi connectivity index (χ1n) is 16.8. The Morgan fingerprint density at radius 2 is 0.851 bits per heavy atom. The van der Waals surface area contributed by atoms with Gasteiger partial charge in [0.15, 0.2) is 0 Å². The Bertz CT molecular complexity index is 2510. The van der Waals surface area contributed by atoms with Gasteiger partial charge in [-0.1, -0.05) is 131 Å². The van der Waals surface area contributed by atoms with Crippen LogP contribution in [0.1, 0.15) is 49.9 Å². The number of benzene rings is 8. The molecule has 0 unspecified atom stereocenters. The van der Waals surface area contributed by atoms with Crippen molar-refractivity contribution in [1.82, 2.24) is 0 Å². The fourth-order valence-electron chi connectivity index (χ4n) is 9.40. The highest BCUT2D eigenvalue weighted by atomic mass is 15.1. The number of fused-ring (bicyclic) bond motifs is 10. The van der Waals surface area contributed by atoms with Crippen molar-refractivity contribution >= 4 is 49.4 Å². The highest BCUT2D eigenvalue weighted by molar-refractivity contribution is 6.32. The minimum Gasteiger partial charge on any atom is -0.310 e. The van der Waals surface area contributed by atoms with E-state index in [9.17, 15) is 0 Å². The Labute approximate surface area is 276 Å². The SMILES string of the molecule is CC1(C)c2ccccc2-c2c1c1cccc3c4c(c5cccc2c5c31)C(C)(C)c1cc(N(c2ccccc2)c2ccccc2)ccc1-4. The number of hydrogen-bond acceptors (Lipinski definition) is 1. The summed E-state index contributed by atoms with van der Waals surface area (Å²) in [6, 6.07) is 51.9. The maximum Gasteiger partial charge on any atom is 0.0465 e. The van der Waals surface area contributed by atoms with E-state index in [4.69, 9.17) is 0 Å². The van der Waals surface area contributed by atoms with Crippen molar-refractivity contribution in [2.45, 2.75) is 38.5 Å². The molecule has 1 heteroatoms. The summed E-state index contributed by atoms with van der Waals surface area (Å²) in [6.45, 7) is 9.69. The largest absolute Gasteiger partial charge is 0.310 e. The van der Waals surface area contributed by atoms with E-state index in [-0.39, 0.29) is 10.8 Å². The third-order valence-electron chi connectivity index (χ3n) is 11.3. The molecule has 224 valence electrons. The fourth-order valence-corrected chi connectivity index (χ4v) is 9.40. The molecule has 0 saturated carbocycles. The summed E-state index contributed by atoms with van der Waals surface area (Å²) in [5.74, 6) is 0. The smallest absolute Gasteiger partial charge is 0.0465 e. The first-order chi connectivity index (χ1) is 22.9. The topological polar surface area (TPSA) is 3.24 Å². The standard InChI is InChI=1S/C46H35N/c1-45(2)37-24-12-11-19-31(37)41-33-20-13-23-36-39(33)40-34(21-14-22-35(40)43(41)45)42-32-26-25-30(27-38(32)46(3,4)44(36)42)47(28-15-7-5-8-16-28)29-17-9-6-10-18-29/h5-27H,1-4H3. The lowest BCUT2D eigenvalue weighted by Crippen LogP contribution is -2.17. The fraction of sp³-hybridized carbons (Fsp3) is 0.130. The Kier molecular flexibility index (Phi) is 5.19. The molecule has 0 saturated heterocycles. The molecule has 2 aliphatic rings. The zero-order chi connectivity index (χ0) is 31.7. The summed E-state index contributed by atoms with van der Waals surface area (Å²) >= 11 is 0. The van der Waals surface area contributed by atoms with Crippen LogP contribution < -0.4 is 4.90 Å². The van der Waals surface area contributed by atoms with Crippen LogP contribution in [0.3, 0.4) is 0 Å². The Hall–Kier alpha value is -5.40. The summed E-state index contributed by atoms with van der Waals surface area (Å²) in [6.07, 6.45) is 0. The lowest BCUT2D eigenvalue weighted by Gasteiger charge is -2.29. The normalized spacial score (nSPS) is 15.1. The van der Waals surface area contributed by atoms with Gasteiger partial charge in [-0.05, 0) is 113 Å². The molecular weight excluding hydrogens is 567 g/mol. The molecule has 0 spiro atoms. The van der Waals surface area contributed by atoms with Gasteiger partial charge in [0, 0.05) is 27.9 Å². The van der Waals surface area contributed by atoms with Gasteiger partial charge >= 0.3 is 0 Å². The van der Waals surface area contributed by atoms with Crippen molar-refractivity contribution in [3.63, 3.8) is 0 Å². The lowest BCUT2D eigenvalue weighted by atomic mass is 9.75. The van der Waals surface area contributed by atoms with Crippen LogP contribution in [-0.4, -0.2) is 0 Å². The average molecular weight is 602 g/mol. The quantitative estimate of drug-likeness (QED) is 0.182. The van der Waals surface area contributed by atoms with Crippen LogP contribution in [-0.2, 0) is 10.8 Å². The minimum atomic E-state index is -0.190. The third kappa shape index (κ3) is 3.34. The number of para-hydroxylation sites is 2. The molecule has 1 nitrogen and oxygen atoms in total. The zero-order valence-corrected chi connectivity index (χ0v) is 27.2. The predicted molar refractivity (Wildman–Crippen MR) is 200 cm³/mol. The Morgan fingerprint density at radius 1 is 0.383 bits per heavy atom. The van der Waals surface area contributed by atoms with E-state index in [1.807, 2.05) is 0 Å². The van der Waals surface area contributed by atoms with E-state index in [1.54, 1.807) is 0 Å². The lowest BCUT2D eigenvalue weighted by molar-refractivity contribution is 0.666. The highest BCUT2D eigenvalue weighted by Gasteiger charge is 2.42. The van der Waals surface area contributed by atoms with Gasteiger partial charge < -0.3 is 4.90 Å². The molecule has 0 N–H and O–H groups in total. The molecule has 2 aliphatic carbocycles. The molecule has 0 aliphatic heterocycles. The first kappa shape index (κ1) is 26.8. The first-order valence-corrected chi connectivity index (χ1v) is 16.8. The molecule has 8 aromatic carbocycles. The second kappa shape index (κ2) is 9.11. The van der Waals surface area contributed by atoms with Crippen LogP contribution in [0.4, 0.5) is 17.1 Å². The predicted octanol–water partition coefficient (Wildman–Crippen LogP) is 12.7. The van der Waals surface area contributed by atoms with Crippen LogP contribution in [0.2, 0.25) is 0 Å². The Balaban J connectivity index is 1.29. The van der Waals surface area contributed by atoms with Gasteiger partial charge in [0.1, 0.15) is 0 Å². The molecular formula is C46H35N. The van der Waals surface area contributed by atoms with Crippen molar-refractivity contribution in [3.8, 4) is 22.3 Å². The molecule has 0 bridgehead atoms. The van der Waals surface area contributed by atoms with Gasteiger partial charge in [0.05, 0.1) is 0 Å². The molecule has 8 aromatic rings. The summed E-state index contributed by atoms with van der Waals surface area (Å²) in [5, 5.41) is 8.37. The number of rotatable bonds is 3. The maximum atomic E-state index is 2.46. The van der Waals surface area contributed by atoms with Gasteiger partial charge in [0.2, 0.25) is 0 Å². The monoisotopic (exact) mass is 601 g/mol. The number of nitrogens with zero attached hydrogens (tertiary/aromatic N) is 1. The molecule has 47 heavy (non-hydrogen) atoms. The second-order valence-electron chi connectivity index (χ2n) is 14.5. The second-order valence-corrected chi connectivity index (χ2v) is 14.5. The molecule has 10 rings (SSSR count). The molecule has 0 fully saturated rings. The van der Waals surface area contributed by atoms with Crippen molar-refractivity contribution in [2.75, 3.05) is 4.90 Å². The van der Waals surface area contributed by atoms with Gasteiger partial charge in [-0.2, -0.15) is 0 Å². The van der Waals surface area contributed by atoms with Crippen molar-refractivity contribution in [3.05, 3.63) is 162 Å². The Morgan fingerprint density at radius 3 is 1.43 bits per heavy atom. The summed E-state index contributed by atoms with van der Waals surface area (Å²) in [4.78, 5) is 2.38. The van der Waals surface area contributed by atoms with E-state index in [1.165, 1.54) is 82.5 Å². The molecule has 0 amide bonds. The van der Waals surface area contributed by atoms with Crippen molar-refractivity contribution < 1.29 is 0 Å². The van der Waals surface area contributed by atoms with E-state index in [2.05, 4.69) is 172 Å². The van der Waals surface area contributed by atoms with Crippen molar-refractivity contribution in [1.29, 1.82) is 0 Å². The van der Waals surface area contributed by atoms with E-state index in [0.717, 1.165) is 11.4 Å². The van der Waals surface area contributed by atoms with Crippen LogP contribution >= 0.6 is 0 Å². The average Bonchev–Trinajstić information content (AvgIpc) is 3.49. The van der Waals surface area contributed by atoms with Crippen molar-refractivity contribution in [2.24, 2.45) is 0 Å². The highest BCUT2D eigenvalue weighted by Crippen LogP contribution is 2.61. The number of anilines is 3. The van der Waals surface area contributed by atoms with E-state index < -0.39 is 0 Å². The molecule has 0 aromatic heterocycles. The summed E-state index contributed by atoms with van der Waals surface area (Å²) in [5.41, 5.74) is 14.5. The van der Waals surface area contributed by atoms with E-state index in [0.29, 0.717) is 0 Å². The third-order valence-corrected chi connectivity index (χ3v) is 11.3. The van der Waals surface area contributed by atoms with E-state index >= 15 is 0 Å². The van der Waals surface area contributed by atoms with Gasteiger partial charge in [-0.25, -0.2) is 0 Å². The minimum absolute atomic E-state index is 0.0799. The summed E-state index contributed by atoms with van der Waals surface area (Å²) < 4.78 is 0. The van der Waals surface area contributed by atoms with Crippen LogP contribution in [0.5, 0.6) is 0 Å². The van der Waals surface area contributed by atoms with Crippen LogP contribution in [0, 0.1) is 0 Å². The van der Waals surface area contributed by atoms with Crippen LogP contribution in [0.15, 0.2) is 140 Å². The zero-order valence-electron chi connectivity index (χ0n) is 27.2. The van der Waals surface area contributed by atoms with Gasteiger partial charge in [-0.3, -0.25) is 0 Å². The molecule has 0 radical (unpaired) electrons. The van der Waals surface area contributed by atoms with Gasteiger partial charge in [0.25, 0.3) is 0 Å². The summed E-state index contributed by atoms with van der Waals surface area (Å²) in [7, 11) is 0. The number of hydrogen-bond donors (Lipinski definition) is 0. The molecule has 0 atom stereocenters. The van der Waals surface area contributed by atoms with Gasteiger partial charge in [-0.15, -0.1) is 0 Å². The van der Waals surface area contributed by atoms with Crippen LogP contribution in [0.25, 0.3) is 54.6 Å². The molecule has 0 heterocycles. The maximum absolute atomic E-state index is 2.46.